The van der Waals surface area contributed by atoms with Gasteiger partial charge in [-0.05, 0) is 43.4 Å². The maximum Gasteiger partial charge on any atom is 0.306 e. The van der Waals surface area contributed by atoms with Gasteiger partial charge in [0.1, 0.15) is 6.61 Å². The van der Waals surface area contributed by atoms with E-state index in [9.17, 15) is 4.79 Å². The highest BCUT2D eigenvalue weighted by atomic mass is 16.5. The van der Waals surface area contributed by atoms with E-state index < -0.39 is 0 Å². The van der Waals surface area contributed by atoms with Gasteiger partial charge in [0.15, 0.2) is 5.82 Å². The van der Waals surface area contributed by atoms with Crippen LogP contribution >= 0.6 is 0 Å². The van der Waals surface area contributed by atoms with Crippen molar-refractivity contribution in [3.63, 3.8) is 0 Å². The Kier molecular flexibility index (Phi) is 6.78. The number of aromatic nitrogens is 4. The van der Waals surface area contributed by atoms with Crippen molar-refractivity contribution in [2.45, 2.75) is 58.4 Å². The SMILES string of the molecule is Cc1ccc(N2CCCC2COC(=O)CCc2nc(-c3ccc(C(C)C)cc3)no2)nn1. The van der Waals surface area contributed by atoms with Crippen LogP contribution in [0, 0.1) is 6.92 Å². The molecule has 168 valence electrons. The molecule has 0 bridgehead atoms. The Hall–Kier alpha value is -3.29. The third kappa shape index (κ3) is 5.30. The van der Waals surface area contributed by atoms with E-state index in [2.05, 4.69) is 51.2 Å². The van der Waals surface area contributed by atoms with Crippen LogP contribution in [0.1, 0.15) is 56.2 Å². The summed E-state index contributed by atoms with van der Waals surface area (Å²) < 4.78 is 10.8. The molecule has 2 aromatic heterocycles. The fraction of sp³-hybridized carbons (Fsp3) is 0.458. The van der Waals surface area contributed by atoms with Gasteiger partial charge in [0.05, 0.1) is 18.2 Å². The van der Waals surface area contributed by atoms with Gasteiger partial charge in [0.2, 0.25) is 11.7 Å². The van der Waals surface area contributed by atoms with Gasteiger partial charge in [-0.25, -0.2) is 0 Å². The number of hydrogen-bond acceptors (Lipinski definition) is 8. The van der Waals surface area contributed by atoms with Crippen molar-refractivity contribution in [3.8, 4) is 11.4 Å². The van der Waals surface area contributed by atoms with Crippen LogP contribution in [0.2, 0.25) is 0 Å². The summed E-state index contributed by atoms with van der Waals surface area (Å²) >= 11 is 0. The predicted octanol–water partition coefficient (Wildman–Crippen LogP) is 4.10. The Morgan fingerprint density at radius 2 is 2.00 bits per heavy atom. The number of nitrogens with zero attached hydrogens (tertiary/aromatic N) is 5. The van der Waals surface area contributed by atoms with E-state index in [0.29, 0.717) is 30.7 Å². The van der Waals surface area contributed by atoms with Crippen LogP contribution in [0.5, 0.6) is 0 Å². The number of carbonyl (C=O) groups excluding carboxylic acids is 1. The molecule has 0 N–H and O–H groups in total. The fourth-order valence-electron chi connectivity index (χ4n) is 3.82. The summed E-state index contributed by atoms with van der Waals surface area (Å²) in [5, 5.41) is 12.4. The molecule has 1 saturated heterocycles. The van der Waals surface area contributed by atoms with Crippen molar-refractivity contribution >= 4 is 11.8 Å². The molecule has 0 radical (unpaired) electrons. The second-order valence-electron chi connectivity index (χ2n) is 8.49. The first-order valence-corrected chi connectivity index (χ1v) is 11.1. The molecule has 1 atom stereocenters. The second kappa shape index (κ2) is 9.89. The van der Waals surface area contributed by atoms with Gasteiger partial charge in [0, 0.05) is 18.5 Å². The molecule has 1 unspecified atom stereocenters. The van der Waals surface area contributed by atoms with E-state index in [-0.39, 0.29) is 18.4 Å². The molecule has 1 aromatic carbocycles. The maximum absolute atomic E-state index is 12.3. The largest absolute Gasteiger partial charge is 0.463 e. The zero-order valence-electron chi connectivity index (χ0n) is 18.8. The predicted molar refractivity (Wildman–Crippen MR) is 120 cm³/mol. The summed E-state index contributed by atoms with van der Waals surface area (Å²) in [6.07, 6.45) is 2.56. The van der Waals surface area contributed by atoms with Crippen LogP contribution in [-0.2, 0) is 16.0 Å². The maximum atomic E-state index is 12.3. The average Bonchev–Trinajstić information content (AvgIpc) is 3.46. The standard InChI is InChI=1S/C24H29N5O3/c1-16(2)18-7-9-19(10-8-18)24-25-22(32-28-24)12-13-23(30)31-15-20-5-4-14-29(20)21-11-6-17(3)26-27-21/h6-11,16,20H,4-5,12-15H2,1-3H3. The molecule has 8 nitrogen and oxygen atoms in total. The van der Waals surface area contributed by atoms with Gasteiger partial charge < -0.3 is 14.2 Å². The van der Waals surface area contributed by atoms with Gasteiger partial charge in [0.25, 0.3) is 0 Å². The van der Waals surface area contributed by atoms with Crippen molar-refractivity contribution in [3.05, 3.63) is 53.5 Å². The average molecular weight is 436 g/mol. The summed E-state index contributed by atoms with van der Waals surface area (Å²) in [4.78, 5) is 18.9. The Balaban J connectivity index is 1.26. The van der Waals surface area contributed by atoms with Gasteiger partial charge in [-0.2, -0.15) is 10.1 Å². The van der Waals surface area contributed by atoms with E-state index in [1.54, 1.807) is 0 Å². The zero-order chi connectivity index (χ0) is 22.5. The highest BCUT2D eigenvalue weighted by molar-refractivity contribution is 5.69. The fourth-order valence-corrected chi connectivity index (χ4v) is 3.82. The monoisotopic (exact) mass is 435 g/mol. The summed E-state index contributed by atoms with van der Waals surface area (Å²) in [5.41, 5.74) is 3.04. The third-order valence-corrected chi connectivity index (χ3v) is 5.74. The molecule has 3 heterocycles. The molecule has 0 amide bonds. The number of esters is 1. The van der Waals surface area contributed by atoms with Crippen LogP contribution in [0.15, 0.2) is 40.9 Å². The van der Waals surface area contributed by atoms with Crippen LogP contribution in [0.25, 0.3) is 11.4 Å². The van der Waals surface area contributed by atoms with E-state index in [1.807, 2.05) is 31.2 Å². The zero-order valence-corrected chi connectivity index (χ0v) is 18.8. The van der Waals surface area contributed by atoms with Crippen molar-refractivity contribution in [1.29, 1.82) is 0 Å². The molecule has 0 saturated carbocycles. The second-order valence-corrected chi connectivity index (χ2v) is 8.49. The van der Waals surface area contributed by atoms with E-state index in [0.717, 1.165) is 36.5 Å². The molecule has 1 aliphatic rings. The van der Waals surface area contributed by atoms with Gasteiger partial charge in [-0.1, -0.05) is 43.3 Å². The minimum atomic E-state index is -0.270. The molecule has 32 heavy (non-hydrogen) atoms. The Bertz CT molecular complexity index is 1030. The Morgan fingerprint density at radius 3 is 2.72 bits per heavy atom. The highest BCUT2D eigenvalue weighted by Crippen LogP contribution is 2.24. The molecule has 8 heteroatoms. The summed E-state index contributed by atoms with van der Waals surface area (Å²) in [6, 6.07) is 12.2. The van der Waals surface area contributed by atoms with Crippen LogP contribution in [0.3, 0.4) is 0 Å². The number of benzene rings is 1. The topological polar surface area (TPSA) is 94.2 Å². The first-order valence-electron chi connectivity index (χ1n) is 11.1. The first-order chi connectivity index (χ1) is 15.5. The molecular formula is C24H29N5O3. The molecule has 0 spiro atoms. The van der Waals surface area contributed by atoms with Crippen LogP contribution in [-0.4, -0.2) is 45.5 Å². The molecule has 1 aliphatic heterocycles. The van der Waals surface area contributed by atoms with Crippen LogP contribution < -0.4 is 4.90 Å². The number of rotatable bonds is 8. The summed E-state index contributed by atoms with van der Waals surface area (Å²) in [5.74, 6) is 1.99. The number of ether oxygens (including phenoxy) is 1. The Morgan fingerprint density at radius 1 is 1.19 bits per heavy atom. The van der Waals surface area contributed by atoms with Gasteiger partial charge in [-0.15, -0.1) is 5.10 Å². The number of anilines is 1. The molecule has 4 rings (SSSR count). The van der Waals surface area contributed by atoms with Gasteiger partial charge in [-0.3, -0.25) is 4.79 Å². The minimum absolute atomic E-state index is 0.125. The van der Waals surface area contributed by atoms with Crippen molar-refractivity contribution in [1.82, 2.24) is 20.3 Å². The molecule has 0 aliphatic carbocycles. The number of carbonyl (C=O) groups is 1. The number of hydrogen-bond donors (Lipinski definition) is 0. The molecule has 3 aromatic rings. The first kappa shape index (κ1) is 21.9. The lowest BCUT2D eigenvalue weighted by Gasteiger charge is -2.24. The van der Waals surface area contributed by atoms with Crippen molar-refractivity contribution in [2.24, 2.45) is 0 Å². The minimum Gasteiger partial charge on any atom is -0.463 e. The van der Waals surface area contributed by atoms with E-state index >= 15 is 0 Å². The molecular weight excluding hydrogens is 406 g/mol. The lowest BCUT2D eigenvalue weighted by molar-refractivity contribution is -0.144. The smallest absolute Gasteiger partial charge is 0.306 e. The normalized spacial score (nSPS) is 16.0. The van der Waals surface area contributed by atoms with E-state index in [4.69, 9.17) is 9.26 Å². The van der Waals surface area contributed by atoms with Crippen molar-refractivity contribution in [2.75, 3.05) is 18.1 Å². The van der Waals surface area contributed by atoms with E-state index in [1.165, 1.54) is 5.56 Å². The van der Waals surface area contributed by atoms with Crippen molar-refractivity contribution < 1.29 is 14.1 Å². The Labute approximate surface area is 188 Å². The lowest BCUT2D eigenvalue weighted by Crippen LogP contribution is -2.34. The quantitative estimate of drug-likeness (QED) is 0.488. The molecule has 1 fully saturated rings. The van der Waals surface area contributed by atoms with Crippen LogP contribution in [0.4, 0.5) is 5.82 Å². The summed E-state index contributed by atoms with van der Waals surface area (Å²) in [6.45, 7) is 7.45. The van der Waals surface area contributed by atoms with Gasteiger partial charge >= 0.3 is 5.97 Å². The lowest BCUT2D eigenvalue weighted by atomic mass is 10.0. The third-order valence-electron chi connectivity index (χ3n) is 5.74. The number of aryl methyl sites for hydroxylation is 2. The highest BCUT2D eigenvalue weighted by Gasteiger charge is 2.27. The summed E-state index contributed by atoms with van der Waals surface area (Å²) in [7, 11) is 0.